The van der Waals surface area contributed by atoms with E-state index in [1.54, 1.807) is 12.0 Å². The monoisotopic (exact) mass is 443 g/mol. The highest BCUT2D eigenvalue weighted by Gasteiger charge is 2.44. The standard InChI is InChI=1S/C24H33N3O3S/c1-30-14-13-27-23(29)20-8-7-19(16-21(20)25-24(27)31)22(28)26-11-9-18(10-12-26)15-17-5-3-2-4-6-17/h2-6,18-21H,7-16H2,1H3,(H,25,31). The molecule has 6 nitrogen and oxygen atoms in total. The van der Waals surface area contributed by atoms with Gasteiger partial charge in [0.1, 0.15) is 0 Å². The summed E-state index contributed by atoms with van der Waals surface area (Å²) in [6, 6.07) is 10.6. The second-order valence-electron chi connectivity index (χ2n) is 9.11. The van der Waals surface area contributed by atoms with Gasteiger partial charge in [0.2, 0.25) is 11.8 Å². The molecule has 0 radical (unpaired) electrons. The van der Waals surface area contributed by atoms with Gasteiger partial charge in [-0.05, 0) is 62.2 Å². The van der Waals surface area contributed by atoms with Crippen molar-refractivity contribution in [1.82, 2.24) is 15.1 Å². The van der Waals surface area contributed by atoms with E-state index in [0.717, 1.165) is 45.2 Å². The molecule has 3 unspecified atom stereocenters. The van der Waals surface area contributed by atoms with Crippen LogP contribution in [0.1, 0.15) is 37.7 Å². The van der Waals surface area contributed by atoms with Crippen LogP contribution in [-0.4, -0.2) is 66.1 Å². The molecule has 1 aromatic carbocycles. The summed E-state index contributed by atoms with van der Waals surface area (Å²) in [6.45, 7) is 2.63. The first-order valence-electron chi connectivity index (χ1n) is 11.5. The van der Waals surface area contributed by atoms with Gasteiger partial charge in [-0.2, -0.15) is 0 Å². The van der Waals surface area contributed by atoms with Crippen molar-refractivity contribution in [2.75, 3.05) is 33.4 Å². The van der Waals surface area contributed by atoms with Crippen LogP contribution in [0.5, 0.6) is 0 Å². The van der Waals surface area contributed by atoms with Gasteiger partial charge in [0.05, 0.1) is 19.1 Å². The van der Waals surface area contributed by atoms with Crippen LogP contribution < -0.4 is 5.32 Å². The van der Waals surface area contributed by atoms with Gasteiger partial charge in [-0.25, -0.2) is 0 Å². The number of hydrogen-bond donors (Lipinski definition) is 1. The Morgan fingerprint density at radius 1 is 1.16 bits per heavy atom. The van der Waals surface area contributed by atoms with Gasteiger partial charge in [0.15, 0.2) is 5.11 Å². The third-order valence-electron chi connectivity index (χ3n) is 7.15. The molecule has 2 saturated heterocycles. The quantitative estimate of drug-likeness (QED) is 0.685. The Morgan fingerprint density at radius 3 is 2.61 bits per heavy atom. The van der Waals surface area contributed by atoms with Crippen molar-refractivity contribution in [2.45, 2.75) is 44.6 Å². The zero-order chi connectivity index (χ0) is 21.8. The molecule has 31 heavy (non-hydrogen) atoms. The molecule has 1 N–H and O–H groups in total. The number of hydrogen-bond acceptors (Lipinski definition) is 4. The molecule has 7 heteroatoms. The van der Waals surface area contributed by atoms with Crippen molar-refractivity contribution < 1.29 is 14.3 Å². The van der Waals surface area contributed by atoms with Crippen molar-refractivity contribution in [1.29, 1.82) is 0 Å². The van der Waals surface area contributed by atoms with E-state index in [0.29, 0.717) is 30.6 Å². The van der Waals surface area contributed by atoms with Crippen LogP contribution in [0.3, 0.4) is 0 Å². The van der Waals surface area contributed by atoms with E-state index >= 15 is 0 Å². The minimum atomic E-state index is -0.0933. The number of nitrogens with zero attached hydrogens (tertiary/aromatic N) is 2. The molecule has 1 saturated carbocycles. The Kier molecular flexibility index (Phi) is 7.23. The number of likely N-dealkylation sites (tertiary alicyclic amines) is 1. The lowest BCUT2D eigenvalue weighted by molar-refractivity contribution is -0.142. The fraction of sp³-hybridized carbons (Fsp3) is 0.625. The summed E-state index contributed by atoms with van der Waals surface area (Å²) in [7, 11) is 1.62. The van der Waals surface area contributed by atoms with Crippen molar-refractivity contribution in [3.8, 4) is 0 Å². The predicted molar refractivity (Wildman–Crippen MR) is 123 cm³/mol. The van der Waals surface area contributed by atoms with Crippen LogP contribution >= 0.6 is 12.2 Å². The first-order chi connectivity index (χ1) is 15.1. The third-order valence-corrected chi connectivity index (χ3v) is 7.49. The summed E-state index contributed by atoms with van der Waals surface area (Å²) in [5, 5.41) is 3.81. The lowest BCUT2D eigenvalue weighted by Crippen LogP contribution is -2.62. The van der Waals surface area contributed by atoms with Gasteiger partial charge in [-0.15, -0.1) is 0 Å². The Morgan fingerprint density at radius 2 is 1.90 bits per heavy atom. The van der Waals surface area contributed by atoms with Gasteiger partial charge >= 0.3 is 0 Å². The number of carbonyl (C=O) groups excluding carboxylic acids is 2. The fourth-order valence-electron chi connectivity index (χ4n) is 5.34. The van der Waals surface area contributed by atoms with Gasteiger partial charge in [-0.1, -0.05) is 30.3 Å². The molecule has 3 fully saturated rings. The zero-order valence-electron chi connectivity index (χ0n) is 18.3. The number of carbonyl (C=O) groups is 2. The molecular formula is C24H33N3O3S. The van der Waals surface area contributed by atoms with Gasteiger partial charge in [0, 0.05) is 32.2 Å². The highest BCUT2D eigenvalue weighted by molar-refractivity contribution is 7.80. The predicted octanol–water partition coefficient (Wildman–Crippen LogP) is 2.62. The molecule has 2 heterocycles. The maximum absolute atomic E-state index is 13.2. The van der Waals surface area contributed by atoms with E-state index in [-0.39, 0.29) is 29.7 Å². The normalized spacial score (nSPS) is 27.1. The van der Waals surface area contributed by atoms with Crippen LogP contribution in [0.25, 0.3) is 0 Å². The van der Waals surface area contributed by atoms with E-state index in [4.69, 9.17) is 17.0 Å². The molecule has 0 aromatic heterocycles. The van der Waals surface area contributed by atoms with Crippen LogP contribution in [0.2, 0.25) is 0 Å². The summed E-state index contributed by atoms with van der Waals surface area (Å²) in [4.78, 5) is 29.8. The summed E-state index contributed by atoms with van der Waals surface area (Å²) in [6.07, 6.45) is 5.44. The second-order valence-corrected chi connectivity index (χ2v) is 9.50. The summed E-state index contributed by atoms with van der Waals surface area (Å²) >= 11 is 5.43. The van der Waals surface area contributed by atoms with Crippen molar-refractivity contribution in [3.63, 3.8) is 0 Å². The summed E-state index contributed by atoms with van der Waals surface area (Å²) in [5.41, 5.74) is 1.38. The number of piperidine rings is 1. The summed E-state index contributed by atoms with van der Waals surface area (Å²) < 4.78 is 5.10. The van der Waals surface area contributed by atoms with Gasteiger partial charge < -0.3 is 15.0 Å². The van der Waals surface area contributed by atoms with E-state index in [2.05, 4.69) is 40.5 Å². The molecule has 0 bridgehead atoms. The number of benzene rings is 1. The van der Waals surface area contributed by atoms with E-state index in [1.165, 1.54) is 5.56 Å². The maximum Gasteiger partial charge on any atom is 0.233 e. The molecule has 4 rings (SSSR count). The number of amides is 2. The van der Waals surface area contributed by atoms with E-state index in [9.17, 15) is 9.59 Å². The molecule has 1 aliphatic carbocycles. The lowest BCUT2D eigenvalue weighted by Gasteiger charge is -2.44. The zero-order valence-corrected chi connectivity index (χ0v) is 19.1. The van der Waals surface area contributed by atoms with Crippen LogP contribution in [0.15, 0.2) is 30.3 Å². The van der Waals surface area contributed by atoms with E-state index < -0.39 is 0 Å². The molecule has 1 aromatic rings. The van der Waals surface area contributed by atoms with E-state index in [1.807, 2.05) is 0 Å². The lowest BCUT2D eigenvalue weighted by atomic mass is 9.76. The molecular weight excluding hydrogens is 410 g/mol. The first-order valence-corrected chi connectivity index (χ1v) is 11.9. The number of rotatable bonds is 6. The first kappa shape index (κ1) is 22.2. The number of ether oxygens (including phenoxy) is 1. The second kappa shape index (κ2) is 10.1. The highest BCUT2D eigenvalue weighted by Crippen LogP contribution is 2.35. The topological polar surface area (TPSA) is 61.9 Å². The van der Waals surface area contributed by atoms with Crippen LogP contribution in [0.4, 0.5) is 0 Å². The molecule has 0 spiro atoms. The third kappa shape index (κ3) is 5.09. The van der Waals surface area contributed by atoms with Crippen molar-refractivity contribution >= 4 is 29.1 Å². The average molecular weight is 444 g/mol. The minimum Gasteiger partial charge on any atom is -0.383 e. The van der Waals surface area contributed by atoms with Crippen molar-refractivity contribution in [3.05, 3.63) is 35.9 Å². The molecule has 2 amide bonds. The van der Waals surface area contributed by atoms with Gasteiger partial charge in [-0.3, -0.25) is 14.5 Å². The number of fused-ring (bicyclic) bond motifs is 1. The highest BCUT2D eigenvalue weighted by atomic mass is 32.1. The van der Waals surface area contributed by atoms with Gasteiger partial charge in [0.25, 0.3) is 0 Å². The Labute approximate surface area is 190 Å². The maximum atomic E-state index is 13.2. The Bertz CT molecular complexity index is 795. The van der Waals surface area contributed by atoms with Crippen LogP contribution in [-0.2, 0) is 20.7 Å². The molecule has 2 aliphatic heterocycles. The minimum absolute atomic E-state index is 0.0134. The number of methoxy groups -OCH3 is 1. The smallest absolute Gasteiger partial charge is 0.233 e. The number of nitrogens with one attached hydrogen (secondary N) is 1. The number of thiocarbonyl (C=S) groups is 1. The molecule has 168 valence electrons. The fourth-order valence-corrected chi connectivity index (χ4v) is 5.68. The Balaban J connectivity index is 1.28. The Hall–Kier alpha value is -1.99. The molecule has 3 aliphatic rings. The average Bonchev–Trinajstić information content (AvgIpc) is 2.79. The SMILES string of the molecule is COCCN1C(=O)C2CCC(C(=O)N3CCC(Cc4ccccc4)CC3)CC2NC1=S. The largest absolute Gasteiger partial charge is 0.383 e. The summed E-state index contributed by atoms with van der Waals surface area (Å²) in [5.74, 6) is 0.886. The molecule has 3 atom stereocenters. The van der Waals surface area contributed by atoms with Crippen LogP contribution in [0, 0.1) is 17.8 Å². The van der Waals surface area contributed by atoms with Crippen molar-refractivity contribution in [2.24, 2.45) is 17.8 Å².